The van der Waals surface area contributed by atoms with Crippen LogP contribution >= 0.6 is 0 Å². The standard InChI is InChI=1S/C22H28N2O4S/c1-4-21(28-19-11-10-17(2)18(3)16-19)22(25)23-12-14-24(15-13-23)29(26,27)20-8-6-5-7-9-20/h5-11,16,21H,4,12-15H2,1-3H3/t21-/m1/s1. The van der Waals surface area contributed by atoms with Crippen molar-refractivity contribution < 1.29 is 17.9 Å². The summed E-state index contributed by atoms with van der Waals surface area (Å²) >= 11 is 0. The van der Waals surface area contributed by atoms with E-state index in [1.807, 2.05) is 39.0 Å². The van der Waals surface area contributed by atoms with Crippen molar-refractivity contribution in [1.29, 1.82) is 0 Å². The fourth-order valence-corrected chi connectivity index (χ4v) is 4.80. The van der Waals surface area contributed by atoms with E-state index in [1.165, 1.54) is 9.87 Å². The van der Waals surface area contributed by atoms with Gasteiger partial charge >= 0.3 is 0 Å². The fraction of sp³-hybridized carbons (Fsp3) is 0.409. The summed E-state index contributed by atoms with van der Waals surface area (Å²) in [7, 11) is -3.53. The molecule has 1 saturated heterocycles. The number of carbonyl (C=O) groups excluding carboxylic acids is 1. The first kappa shape index (κ1) is 21.3. The Hall–Kier alpha value is -2.38. The number of hydrogen-bond acceptors (Lipinski definition) is 4. The molecule has 0 N–H and O–H groups in total. The van der Waals surface area contributed by atoms with Crippen molar-refractivity contribution in [3.8, 4) is 5.75 Å². The van der Waals surface area contributed by atoms with Gasteiger partial charge < -0.3 is 9.64 Å². The van der Waals surface area contributed by atoms with Crippen LogP contribution < -0.4 is 4.74 Å². The highest BCUT2D eigenvalue weighted by atomic mass is 32.2. The fourth-order valence-electron chi connectivity index (χ4n) is 3.35. The summed E-state index contributed by atoms with van der Waals surface area (Å²) in [6.07, 6.45) is -0.0248. The van der Waals surface area contributed by atoms with E-state index in [1.54, 1.807) is 35.2 Å². The van der Waals surface area contributed by atoms with Gasteiger partial charge in [0.1, 0.15) is 5.75 Å². The van der Waals surface area contributed by atoms with E-state index >= 15 is 0 Å². The van der Waals surface area contributed by atoms with Crippen LogP contribution in [0.3, 0.4) is 0 Å². The van der Waals surface area contributed by atoms with Crippen LogP contribution in [0.2, 0.25) is 0 Å². The third-order valence-electron chi connectivity index (χ3n) is 5.33. The number of hydrogen-bond donors (Lipinski definition) is 0. The number of benzene rings is 2. The minimum Gasteiger partial charge on any atom is -0.481 e. The Morgan fingerprint density at radius 2 is 1.66 bits per heavy atom. The van der Waals surface area contributed by atoms with Crippen LogP contribution in [0.15, 0.2) is 53.4 Å². The second-order valence-corrected chi connectivity index (χ2v) is 9.24. The third-order valence-corrected chi connectivity index (χ3v) is 7.25. The molecule has 1 aliphatic rings. The van der Waals surface area contributed by atoms with Crippen LogP contribution in [0.25, 0.3) is 0 Å². The first-order chi connectivity index (χ1) is 13.8. The Kier molecular flexibility index (Phi) is 6.59. The highest BCUT2D eigenvalue weighted by Crippen LogP contribution is 2.21. The Balaban J connectivity index is 1.63. The van der Waals surface area contributed by atoms with Crippen molar-refractivity contribution in [1.82, 2.24) is 9.21 Å². The average Bonchev–Trinajstić information content (AvgIpc) is 2.74. The highest BCUT2D eigenvalue weighted by Gasteiger charge is 2.32. The van der Waals surface area contributed by atoms with Gasteiger partial charge in [0.25, 0.3) is 5.91 Å². The first-order valence-electron chi connectivity index (χ1n) is 9.91. The second-order valence-electron chi connectivity index (χ2n) is 7.30. The lowest BCUT2D eigenvalue weighted by Crippen LogP contribution is -2.53. The molecule has 2 aromatic carbocycles. The lowest BCUT2D eigenvalue weighted by atomic mass is 10.1. The van der Waals surface area contributed by atoms with E-state index in [0.29, 0.717) is 25.3 Å². The van der Waals surface area contributed by atoms with Gasteiger partial charge in [-0.25, -0.2) is 8.42 Å². The van der Waals surface area contributed by atoms with Crippen molar-refractivity contribution in [2.24, 2.45) is 0 Å². The number of rotatable bonds is 6. The molecular formula is C22H28N2O4S. The van der Waals surface area contributed by atoms with E-state index in [2.05, 4.69) is 0 Å². The molecule has 0 spiro atoms. The molecule has 3 rings (SSSR count). The summed E-state index contributed by atoms with van der Waals surface area (Å²) < 4.78 is 32.9. The predicted octanol–water partition coefficient (Wildman–Crippen LogP) is 2.99. The van der Waals surface area contributed by atoms with Gasteiger partial charge in [-0.2, -0.15) is 4.31 Å². The zero-order valence-electron chi connectivity index (χ0n) is 17.2. The zero-order chi connectivity index (χ0) is 21.0. The average molecular weight is 417 g/mol. The maximum absolute atomic E-state index is 12.9. The van der Waals surface area contributed by atoms with Crippen LogP contribution in [-0.2, 0) is 14.8 Å². The number of piperazine rings is 1. The molecule has 29 heavy (non-hydrogen) atoms. The lowest BCUT2D eigenvalue weighted by Gasteiger charge is -2.35. The van der Waals surface area contributed by atoms with Gasteiger partial charge in [0, 0.05) is 26.2 Å². The minimum atomic E-state index is -3.53. The quantitative estimate of drug-likeness (QED) is 0.726. The smallest absolute Gasteiger partial charge is 0.263 e. The molecule has 0 aliphatic carbocycles. The molecule has 1 atom stereocenters. The van der Waals surface area contributed by atoms with Crippen LogP contribution in [0.4, 0.5) is 0 Å². The van der Waals surface area contributed by atoms with Crippen LogP contribution in [0.1, 0.15) is 24.5 Å². The normalized spacial score (nSPS) is 16.4. The van der Waals surface area contributed by atoms with Gasteiger partial charge in [-0.3, -0.25) is 4.79 Å². The summed E-state index contributed by atoms with van der Waals surface area (Å²) in [5.74, 6) is 0.584. The molecule has 0 aromatic heterocycles. The second kappa shape index (κ2) is 8.97. The summed E-state index contributed by atoms with van der Waals surface area (Å²) in [6, 6.07) is 14.2. The van der Waals surface area contributed by atoms with Gasteiger partial charge in [-0.1, -0.05) is 31.2 Å². The van der Waals surface area contributed by atoms with Gasteiger partial charge in [-0.05, 0) is 55.7 Å². The zero-order valence-corrected chi connectivity index (χ0v) is 18.0. The molecule has 1 amide bonds. The molecule has 1 heterocycles. The van der Waals surface area contributed by atoms with E-state index in [4.69, 9.17) is 4.74 Å². The maximum atomic E-state index is 12.9. The van der Waals surface area contributed by atoms with Gasteiger partial charge in [-0.15, -0.1) is 0 Å². The van der Waals surface area contributed by atoms with Crippen molar-refractivity contribution in [2.75, 3.05) is 26.2 Å². The van der Waals surface area contributed by atoms with E-state index in [9.17, 15) is 13.2 Å². The van der Waals surface area contributed by atoms with E-state index in [0.717, 1.165) is 5.56 Å². The van der Waals surface area contributed by atoms with Crippen LogP contribution in [-0.4, -0.2) is 55.8 Å². The summed E-state index contributed by atoms with van der Waals surface area (Å²) in [6.45, 7) is 7.24. The number of sulfonamides is 1. The third kappa shape index (κ3) is 4.79. The van der Waals surface area contributed by atoms with Crippen LogP contribution in [0, 0.1) is 13.8 Å². The SMILES string of the molecule is CC[C@@H](Oc1ccc(C)c(C)c1)C(=O)N1CCN(S(=O)(=O)c2ccccc2)CC1. The van der Waals surface area contributed by atoms with Crippen molar-refractivity contribution in [3.63, 3.8) is 0 Å². The number of amides is 1. The first-order valence-corrected chi connectivity index (χ1v) is 11.3. The largest absolute Gasteiger partial charge is 0.481 e. The Morgan fingerprint density at radius 3 is 2.24 bits per heavy atom. The lowest BCUT2D eigenvalue weighted by molar-refractivity contribution is -0.140. The Morgan fingerprint density at radius 1 is 1.00 bits per heavy atom. The monoisotopic (exact) mass is 416 g/mol. The van der Waals surface area contributed by atoms with Crippen molar-refractivity contribution in [2.45, 2.75) is 38.2 Å². The molecule has 0 saturated carbocycles. The molecule has 0 radical (unpaired) electrons. The molecule has 2 aromatic rings. The molecule has 0 bridgehead atoms. The number of carbonyl (C=O) groups is 1. The summed E-state index contributed by atoms with van der Waals surface area (Å²) in [5, 5.41) is 0. The maximum Gasteiger partial charge on any atom is 0.263 e. The Labute approximate surface area is 173 Å². The molecule has 6 nitrogen and oxygen atoms in total. The minimum absolute atomic E-state index is 0.0949. The van der Waals surface area contributed by atoms with Crippen molar-refractivity contribution in [3.05, 3.63) is 59.7 Å². The molecular weight excluding hydrogens is 388 g/mol. The molecule has 156 valence electrons. The molecule has 0 unspecified atom stereocenters. The number of ether oxygens (including phenoxy) is 1. The van der Waals surface area contributed by atoms with Crippen LogP contribution in [0.5, 0.6) is 5.75 Å². The highest BCUT2D eigenvalue weighted by molar-refractivity contribution is 7.89. The summed E-state index contributed by atoms with van der Waals surface area (Å²) in [5.41, 5.74) is 2.29. The molecule has 7 heteroatoms. The van der Waals surface area contributed by atoms with Gasteiger partial charge in [0.05, 0.1) is 4.90 Å². The predicted molar refractivity (Wildman–Crippen MR) is 112 cm³/mol. The Bertz CT molecular complexity index is 952. The number of nitrogens with zero attached hydrogens (tertiary/aromatic N) is 2. The topological polar surface area (TPSA) is 66.9 Å². The van der Waals surface area contributed by atoms with Gasteiger partial charge in [0.15, 0.2) is 6.10 Å². The van der Waals surface area contributed by atoms with E-state index < -0.39 is 16.1 Å². The molecule has 1 fully saturated rings. The summed E-state index contributed by atoms with van der Waals surface area (Å²) in [4.78, 5) is 14.9. The van der Waals surface area contributed by atoms with Crippen molar-refractivity contribution >= 4 is 15.9 Å². The van der Waals surface area contributed by atoms with E-state index in [-0.39, 0.29) is 23.9 Å². The number of aryl methyl sites for hydroxylation is 2. The van der Waals surface area contributed by atoms with Gasteiger partial charge in [0.2, 0.25) is 10.0 Å². The molecule has 1 aliphatic heterocycles.